The van der Waals surface area contributed by atoms with E-state index in [2.05, 4.69) is 31.2 Å². The van der Waals surface area contributed by atoms with Crippen molar-refractivity contribution in [2.75, 3.05) is 73.4 Å². The monoisotopic (exact) mass is 538 g/mol. The number of aliphatic carboxylic acids is 1. The predicted molar refractivity (Wildman–Crippen MR) is 154 cm³/mol. The Hall–Kier alpha value is -1.51. The summed E-state index contributed by atoms with van der Waals surface area (Å²) in [5, 5.41) is 8.87. The molecule has 38 heavy (non-hydrogen) atoms. The lowest BCUT2D eigenvalue weighted by molar-refractivity contribution is -0.883. The zero-order valence-corrected chi connectivity index (χ0v) is 24.6. The summed E-state index contributed by atoms with van der Waals surface area (Å²) in [4.78, 5) is 10.8. The highest BCUT2D eigenvalue weighted by Crippen LogP contribution is 2.13. The van der Waals surface area contributed by atoms with Crippen LogP contribution in [-0.4, -0.2) is 89.0 Å². The maximum atomic E-state index is 10.8. The number of rotatable bonds is 27. The first-order valence-corrected chi connectivity index (χ1v) is 14.9. The number of likely N-dealkylation sites (N-methyl/N-ethyl adjacent to an activating group) is 1. The van der Waals surface area contributed by atoms with E-state index >= 15 is 0 Å². The lowest BCUT2D eigenvalue weighted by Gasteiger charge is -2.27. The SMILES string of the molecule is CCCCCCCCCCCCc1ccc(COCCOCCOCCOCC[N+](C)(C)CC(=O)O)cc1. The molecule has 0 fully saturated rings. The standard InChI is InChI=1S/C31H55NO6/c1-4-5-6-7-8-9-10-11-12-13-14-29-15-17-30(18-16-29)28-38-26-25-37-24-23-36-22-21-35-20-19-32(2,3)27-31(33)34/h15-18H,4-14,19-28H2,1-3H3/p+1. The number of quaternary nitrogens is 1. The molecule has 1 N–H and O–H groups in total. The number of aryl methyl sites for hydroxylation is 1. The van der Waals surface area contributed by atoms with Crippen molar-refractivity contribution in [3.63, 3.8) is 0 Å². The van der Waals surface area contributed by atoms with Crippen molar-refractivity contribution in [2.24, 2.45) is 0 Å². The molecule has 7 heteroatoms. The Bertz CT molecular complexity index is 679. The summed E-state index contributed by atoms with van der Waals surface area (Å²) in [6.07, 6.45) is 14.9. The molecule has 0 amide bonds. The molecular weight excluding hydrogens is 482 g/mol. The fourth-order valence-corrected chi connectivity index (χ4v) is 4.23. The summed E-state index contributed by atoms with van der Waals surface area (Å²) >= 11 is 0. The number of unbranched alkanes of at least 4 members (excludes halogenated alkanes) is 9. The van der Waals surface area contributed by atoms with Crippen LogP contribution in [0.1, 0.15) is 82.3 Å². The van der Waals surface area contributed by atoms with E-state index in [4.69, 9.17) is 24.1 Å². The molecule has 7 nitrogen and oxygen atoms in total. The molecule has 0 aromatic heterocycles. The average Bonchev–Trinajstić information content (AvgIpc) is 2.88. The van der Waals surface area contributed by atoms with Crippen LogP contribution in [0.2, 0.25) is 0 Å². The molecular formula is C31H56NO6+. The molecule has 0 atom stereocenters. The van der Waals surface area contributed by atoms with Crippen molar-refractivity contribution in [3.8, 4) is 0 Å². The number of nitrogens with zero attached hydrogens (tertiary/aromatic N) is 1. The topological polar surface area (TPSA) is 74.2 Å². The largest absolute Gasteiger partial charge is 0.477 e. The number of ether oxygens (including phenoxy) is 4. The third-order valence-corrected chi connectivity index (χ3v) is 6.63. The van der Waals surface area contributed by atoms with Crippen molar-refractivity contribution < 1.29 is 33.3 Å². The third-order valence-electron chi connectivity index (χ3n) is 6.63. The molecule has 220 valence electrons. The summed E-state index contributed by atoms with van der Waals surface area (Å²) in [7, 11) is 3.76. The quantitative estimate of drug-likeness (QED) is 0.111. The summed E-state index contributed by atoms with van der Waals surface area (Å²) in [5.41, 5.74) is 2.62. The highest BCUT2D eigenvalue weighted by Gasteiger charge is 2.18. The minimum Gasteiger partial charge on any atom is -0.477 e. The molecule has 0 bridgehead atoms. The zero-order valence-electron chi connectivity index (χ0n) is 24.6. The Morgan fingerprint density at radius 3 is 1.63 bits per heavy atom. The molecule has 1 aromatic rings. The van der Waals surface area contributed by atoms with Gasteiger partial charge < -0.3 is 28.5 Å². The van der Waals surface area contributed by atoms with Crippen LogP contribution in [0.25, 0.3) is 0 Å². The van der Waals surface area contributed by atoms with Gasteiger partial charge in [0, 0.05) is 0 Å². The molecule has 0 aliphatic carbocycles. The third kappa shape index (κ3) is 21.4. The lowest BCUT2D eigenvalue weighted by atomic mass is 10.0. The number of carbonyl (C=O) groups is 1. The molecule has 0 radical (unpaired) electrons. The van der Waals surface area contributed by atoms with Crippen LogP contribution in [0, 0.1) is 0 Å². The minimum absolute atomic E-state index is 0.0899. The van der Waals surface area contributed by atoms with E-state index in [9.17, 15) is 4.79 Å². The van der Waals surface area contributed by atoms with E-state index in [-0.39, 0.29) is 6.54 Å². The highest BCUT2D eigenvalue weighted by atomic mass is 16.6. The Kier molecular flexibility index (Phi) is 21.2. The molecule has 0 heterocycles. The van der Waals surface area contributed by atoms with Crippen LogP contribution >= 0.6 is 0 Å². The maximum absolute atomic E-state index is 10.8. The van der Waals surface area contributed by atoms with Gasteiger partial charge >= 0.3 is 5.97 Å². The van der Waals surface area contributed by atoms with Crippen molar-refractivity contribution >= 4 is 5.97 Å². The van der Waals surface area contributed by atoms with E-state index in [1.54, 1.807) is 0 Å². The Labute approximate surface area is 232 Å². The van der Waals surface area contributed by atoms with Crippen LogP contribution < -0.4 is 0 Å². The van der Waals surface area contributed by atoms with Crippen molar-refractivity contribution in [1.29, 1.82) is 0 Å². The normalized spacial score (nSPS) is 11.8. The van der Waals surface area contributed by atoms with Gasteiger partial charge in [0.1, 0.15) is 6.54 Å². The predicted octanol–water partition coefficient (Wildman–Crippen LogP) is 5.88. The summed E-state index contributed by atoms with van der Waals surface area (Å²) in [6.45, 7) is 7.29. The second kappa shape index (κ2) is 23.4. The number of carboxylic acids is 1. The van der Waals surface area contributed by atoms with Crippen molar-refractivity contribution in [3.05, 3.63) is 35.4 Å². The number of hydrogen-bond acceptors (Lipinski definition) is 5. The fraction of sp³-hybridized carbons (Fsp3) is 0.774. The van der Waals surface area contributed by atoms with Gasteiger partial charge in [0.05, 0.1) is 67.0 Å². The molecule has 0 spiro atoms. The van der Waals surface area contributed by atoms with Gasteiger partial charge in [-0.2, -0.15) is 0 Å². The van der Waals surface area contributed by atoms with Gasteiger partial charge in [-0.3, -0.25) is 0 Å². The second-order valence-corrected chi connectivity index (χ2v) is 10.8. The summed E-state index contributed by atoms with van der Waals surface area (Å²) < 4.78 is 22.7. The van der Waals surface area contributed by atoms with Gasteiger partial charge in [-0.15, -0.1) is 0 Å². The first kappa shape index (κ1) is 34.5. The molecule has 0 unspecified atom stereocenters. The lowest BCUT2D eigenvalue weighted by Crippen LogP contribution is -2.46. The van der Waals surface area contributed by atoms with Crippen LogP contribution in [0.3, 0.4) is 0 Å². The van der Waals surface area contributed by atoms with Gasteiger partial charge in [-0.05, 0) is 24.0 Å². The van der Waals surface area contributed by atoms with Crippen molar-refractivity contribution in [1.82, 2.24) is 0 Å². The first-order chi connectivity index (χ1) is 18.4. The number of hydrogen-bond donors (Lipinski definition) is 1. The van der Waals surface area contributed by atoms with Gasteiger partial charge in [0.2, 0.25) is 0 Å². The smallest absolute Gasteiger partial charge is 0.359 e. The van der Waals surface area contributed by atoms with Crippen LogP contribution in [0.15, 0.2) is 24.3 Å². The fourth-order valence-electron chi connectivity index (χ4n) is 4.23. The Morgan fingerprint density at radius 1 is 0.658 bits per heavy atom. The van der Waals surface area contributed by atoms with Crippen LogP contribution in [-0.2, 0) is 36.8 Å². The minimum atomic E-state index is -0.799. The van der Waals surface area contributed by atoms with Gasteiger partial charge in [-0.1, -0.05) is 89.0 Å². The van der Waals surface area contributed by atoms with Gasteiger partial charge in [0.25, 0.3) is 0 Å². The van der Waals surface area contributed by atoms with Gasteiger partial charge in [-0.25, -0.2) is 4.79 Å². The van der Waals surface area contributed by atoms with E-state index in [0.29, 0.717) is 63.9 Å². The molecule has 1 rings (SSSR count). The van der Waals surface area contributed by atoms with Crippen molar-refractivity contribution in [2.45, 2.75) is 84.2 Å². The van der Waals surface area contributed by atoms with Crippen LogP contribution in [0.4, 0.5) is 0 Å². The summed E-state index contributed by atoms with van der Waals surface area (Å²) in [5.74, 6) is -0.799. The molecule has 0 saturated heterocycles. The number of benzene rings is 1. The molecule has 0 aliphatic heterocycles. The molecule has 1 aromatic carbocycles. The van der Waals surface area contributed by atoms with E-state index < -0.39 is 5.97 Å². The maximum Gasteiger partial charge on any atom is 0.359 e. The molecule has 0 saturated carbocycles. The average molecular weight is 539 g/mol. The number of carboxylic acid groups (broad SMARTS) is 1. The first-order valence-electron chi connectivity index (χ1n) is 14.9. The van der Waals surface area contributed by atoms with E-state index in [1.165, 1.54) is 81.8 Å². The highest BCUT2D eigenvalue weighted by molar-refractivity contribution is 5.67. The Morgan fingerprint density at radius 2 is 1.11 bits per heavy atom. The Balaban J connectivity index is 1.88. The van der Waals surface area contributed by atoms with E-state index in [0.717, 1.165) is 0 Å². The second-order valence-electron chi connectivity index (χ2n) is 10.8. The van der Waals surface area contributed by atoms with Gasteiger partial charge in [0.15, 0.2) is 6.54 Å². The zero-order chi connectivity index (χ0) is 27.7. The summed E-state index contributed by atoms with van der Waals surface area (Å²) in [6, 6.07) is 8.82. The van der Waals surface area contributed by atoms with E-state index in [1.807, 2.05) is 14.1 Å². The van der Waals surface area contributed by atoms with Crippen LogP contribution in [0.5, 0.6) is 0 Å². The molecule has 0 aliphatic rings.